The Balaban J connectivity index is 1.87. The quantitative estimate of drug-likeness (QED) is 0.0719. The van der Waals surface area contributed by atoms with Gasteiger partial charge in [-0.2, -0.15) is 0 Å². The van der Waals surface area contributed by atoms with E-state index < -0.39 is 35.7 Å². The smallest absolute Gasteiger partial charge is 0.347 e. The summed E-state index contributed by atoms with van der Waals surface area (Å²) in [7, 11) is 1.54. The Morgan fingerprint density at radius 3 is 2.09 bits per heavy atom. The average Bonchev–Trinajstić information content (AvgIpc) is 3.03. The van der Waals surface area contributed by atoms with E-state index >= 15 is 0 Å². The number of para-hydroxylation sites is 1. The highest BCUT2D eigenvalue weighted by Crippen LogP contribution is 2.27. The first-order chi connectivity index (χ1) is 21.5. The van der Waals surface area contributed by atoms with Crippen LogP contribution in [0.3, 0.4) is 0 Å². The molecule has 0 aromatic heterocycles. The Bertz CT molecular complexity index is 1310. The number of amides is 2. The number of ketones is 1. The van der Waals surface area contributed by atoms with Gasteiger partial charge >= 0.3 is 11.9 Å². The molecule has 246 valence electrons. The maximum atomic E-state index is 13.2. The molecule has 45 heavy (non-hydrogen) atoms. The molecule has 2 aromatic rings. The Morgan fingerprint density at radius 2 is 1.47 bits per heavy atom. The van der Waals surface area contributed by atoms with Gasteiger partial charge in [0.25, 0.3) is 0 Å². The predicted molar refractivity (Wildman–Crippen MR) is 177 cm³/mol. The van der Waals surface area contributed by atoms with E-state index in [0.717, 1.165) is 19.3 Å². The Hall–Kier alpha value is -3.72. The number of hydrogen-bond acceptors (Lipinski definition) is 7. The number of halogens is 1. The van der Waals surface area contributed by atoms with Gasteiger partial charge in [-0.25, -0.2) is 9.59 Å². The van der Waals surface area contributed by atoms with Crippen LogP contribution in [0.15, 0.2) is 42.5 Å². The average molecular weight is 643 g/mol. The summed E-state index contributed by atoms with van der Waals surface area (Å²) in [6, 6.07) is 10.7. The normalized spacial score (nSPS) is 12.1. The van der Waals surface area contributed by atoms with Crippen molar-refractivity contribution in [3.05, 3.63) is 58.6 Å². The molecule has 2 aromatic carbocycles. The zero-order valence-electron chi connectivity index (χ0n) is 27.2. The van der Waals surface area contributed by atoms with Gasteiger partial charge in [0.1, 0.15) is 0 Å². The summed E-state index contributed by atoms with van der Waals surface area (Å²) in [5.41, 5.74) is 0.751. The van der Waals surface area contributed by atoms with Crippen LogP contribution in [-0.2, 0) is 23.9 Å². The topological polar surface area (TPSA) is 119 Å². The number of hydrogen-bond donors (Lipinski definition) is 1. The molecule has 0 fully saturated rings. The summed E-state index contributed by atoms with van der Waals surface area (Å²) >= 11 is 6.27. The highest BCUT2D eigenvalue weighted by Gasteiger charge is 2.27. The van der Waals surface area contributed by atoms with Crippen LogP contribution in [0.1, 0.15) is 113 Å². The lowest BCUT2D eigenvalue weighted by Crippen LogP contribution is -2.30. The van der Waals surface area contributed by atoms with Crippen LogP contribution in [0.2, 0.25) is 5.02 Å². The Kier molecular flexibility index (Phi) is 16.3. The predicted octanol–water partition coefficient (Wildman–Crippen LogP) is 7.79. The maximum Gasteiger partial charge on any atom is 0.347 e. The van der Waals surface area contributed by atoms with Gasteiger partial charge in [-0.1, -0.05) is 88.4 Å². The number of nitrogens with one attached hydrogen (secondary N) is 1. The summed E-state index contributed by atoms with van der Waals surface area (Å²) in [6.07, 6.45) is 10.6. The third kappa shape index (κ3) is 12.3. The number of carbonyl (C=O) groups is 5. The molecular formula is C35H47ClN2O7. The van der Waals surface area contributed by atoms with E-state index in [1.165, 1.54) is 88.8 Å². The molecular weight excluding hydrogens is 596 g/mol. The highest BCUT2D eigenvalue weighted by atomic mass is 35.5. The van der Waals surface area contributed by atoms with Crippen LogP contribution in [0.4, 0.5) is 11.4 Å². The molecule has 9 nitrogen and oxygen atoms in total. The molecule has 0 aliphatic rings. The van der Waals surface area contributed by atoms with Crippen molar-refractivity contribution in [2.24, 2.45) is 5.92 Å². The molecule has 0 spiro atoms. The molecule has 2 amide bonds. The van der Waals surface area contributed by atoms with E-state index in [0.29, 0.717) is 5.69 Å². The monoisotopic (exact) mass is 642 g/mol. The van der Waals surface area contributed by atoms with E-state index in [1.807, 2.05) is 0 Å². The van der Waals surface area contributed by atoms with Crippen molar-refractivity contribution in [1.82, 2.24) is 0 Å². The van der Waals surface area contributed by atoms with Gasteiger partial charge in [-0.05, 0) is 50.6 Å². The molecule has 0 saturated carbocycles. The van der Waals surface area contributed by atoms with Gasteiger partial charge in [-0.15, -0.1) is 0 Å². The molecule has 0 heterocycles. The van der Waals surface area contributed by atoms with Crippen LogP contribution in [-0.4, -0.2) is 49.3 Å². The minimum Gasteiger partial charge on any atom is -0.463 e. The summed E-state index contributed by atoms with van der Waals surface area (Å²) in [4.78, 5) is 64.6. The largest absolute Gasteiger partial charge is 0.463 e. The molecule has 0 saturated heterocycles. The number of carbonyl (C=O) groups excluding carboxylic acids is 5. The Morgan fingerprint density at radius 1 is 0.867 bits per heavy atom. The molecule has 10 heteroatoms. The Labute approximate surface area is 272 Å². The fourth-order valence-corrected chi connectivity index (χ4v) is 4.81. The number of benzene rings is 2. The molecule has 2 atom stereocenters. The summed E-state index contributed by atoms with van der Waals surface area (Å²) in [5, 5.41) is 2.73. The van der Waals surface area contributed by atoms with Crippen molar-refractivity contribution < 1.29 is 33.4 Å². The zero-order chi connectivity index (χ0) is 33.4. The first-order valence-corrected chi connectivity index (χ1v) is 16.2. The van der Waals surface area contributed by atoms with Crippen LogP contribution >= 0.6 is 11.6 Å². The van der Waals surface area contributed by atoms with Crippen LogP contribution in [0, 0.1) is 5.92 Å². The second kappa shape index (κ2) is 19.6. The van der Waals surface area contributed by atoms with Crippen molar-refractivity contribution in [2.45, 2.75) is 98.0 Å². The lowest BCUT2D eigenvalue weighted by atomic mass is 9.96. The van der Waals surface area contributed by atoms with Crippen molar-refractivity contribution >= 4 is 52.5 Å². The van der Waals surface area contributed by atoms with E-state index in [9.17, 15) is 24.0 Å². The van der Waals surface area contributed by atoms with Crippen molar-refractivity contribution in [3.8, 4) is 0 Å². The minimum absolute atomic E-state index is 0.0523. The molecule has 2 unspecified atom stereocenters. The fourth-order valence-electron chi connectivity index (χ4n) is 4.64. The maximum absolute atomic E-state index is 13.2. The van der Waals surface area contributed by atoms with E-state index in [2.05, 4.69) is 12.2 Å². The first kappa shape index (κ1) is 37.5. The lowest BCUT2D eigenvalue weighted by Gasteiger charge is -2.20. The second-order valence-electron chi connectivity index (χ2n) is 11.3. The van der Waals surface area contributed by atoms with Gasteiger partial charge in [0.05, 0.1) is 34.5 Å². The molecule has 2 rings (SSSR count). The first-order valence-electron chi connectivity index (χ1n) is 15.8. The van der Waals surface area contributed by atoms with Crippen LogP contribution in [0.25, 0.3) is 0 Å². The number of rotatable bonds is 19. The summed E-state index contributed by atoms with van der Waals surface area (Å²) in [5.74, 6) is -3.98. The molecule has 0 radical (unpaired) electrons. The minimum atomic E-state index is -1.14. The summed E-state index contributed by atoms with van der Waals surface area (Å²) in [6.45, 7) is 6.73. The van der Waals surface area contributed by atoms with Gasteiger partial charge in [0.15, 0.2) is 11.9 Å². The van der Waals surface area contributed by atoms with E-state index in [1.54, 1.807) is 31.3 Å². The van der Waals surface area contributed by atoms with Gasteiger partial charge in [0.2, 0.25) is 11.8 Å². The molecule has 0 aliphatic carbocycles. The zero-order valence-corrected chi connectivity index (χ0v) is 27.9. The van der Waals surface area contributed by atoms with Crippen molar-refractivity contribution in [3.63, 3.8) is 0 Å². The number of esters is 2. The van der Waals surface area contributed by atoms with Crippen LogP contribution in [0.5, 0.6) is 0 Å². The second-order valence-corrected chi connectivity index (χ2v) is 11.7. The van der Waals surface area contributed by atoms with Gasteiger partial charge in [-0.3, -0.25) is 14.4 Å². The van der Waals surface area contributed by atoms with Gasteiger partial charge in [0, 0.05) is 19.5 Å². The number of anilines is 2. The third-order valence-electron chi connectivity index (χ3n) is 7.61. The highest BCUT2D eigenvalue weighted by molar-refractivity contribution is 6.34. The van der Waals surface area contributed by atoms with E-state index in [4.69, 9.17) is 21.1 Å². The molecule has 0 aliphatic heterocycles. The van der Waals surface area contributed by atoms with Gasteiger partial charge < -0.3 is 19.7 Å². The molecule has 1 N–H and O–H groups in total. The number of ether oxygens (including phenoxy) is 2. The number of unbranched alkanes of at least 4 members (excludes halogenated alkanes) is 9. The number of nitrogens with zero attached hydrogens (tertiary/aromatic N) is 1. The SMILES string of the molecule is CCCCCCCCCCCCOC(=O)C(C)OC(=O)c1ccc(Cl)c(NC(=O)C(C)C(=O)c2ccccc2N(C)C(C)=O)c1. The molecule has 0 bridgehead atoms. The van der Waals surface area contributed by atoms with Crippen molar-refractivity contribution in [2.75, 3.05) is 23.9 Å². The van der Waals surface area contributed by atoms with Crippen LogP contribution < -0.4 is 10.2 Å². The standard InChI is InChI=1S/C35H47ClN2O7/c1-6-7-8-9-10-11-12-13-14-17-22-44-34(42)25(3)45-35(43)27-20-21-29(36)30(23-27)37-33(41)24(2)32(40)28-18-15-16-19-31(28)38(5)26(4)39/h15-16,18-21,23-25H,6-14,17,22H2,1-5H3,(H,37,41). The van der Waals surface area contributed by atoms with E-state index in [-0.39, 0.29) is 34.4 Å². The lowest BCUT2D eigenvalue weighted by molar-refractivity contribution is -0.153. The summed E-state index contributed by atoms with van der Waals surface area (Å²) < 4.78 is 10.6. The van der Waals surface area contributed by atoms with Crippen molar-refractivity contribution in [1.29, 1.82) is 0 Å². The fraction of sp³-hybridized carbons (Fsp3) is 0.514. The third-order valence-corrected chi connectivity index (χ3v) is 7.94. The number of Topliss-reactive ketones (excluding diaryl/α,β-unsaturated/α-hetero) is 1.